The minimum atomic E-state index is -0.816. The molecular weight excluding hydrogens is 641 g/mol. The molecule has 0 aromatic rings. The number of carbonyl (C=O) groups excluding carboxylic acids is 1. The number of carbonyl (C=O) groups is 2. The highest BCUT2D eigenvalue weighted by atomic mass is 16.5. The van der Waals surface area contributed by atoms with E-state index in [2.05, 4.69) is 74.6 Å². The summed E-state index contributed by atoms with van der Waals surface area (Å²) < 4.78 is 5.75. The van der Waals surface area contributed by atoms with E-state index in [-0.39, 0.29) is 18.5 Å². The van der Waals surface area contributed by atoms with Crippen LogP contribution in [0.5, 0.6) is 0 Å². The number of carboxylic acids is 1. The van der Waals surface area contributed by atoms with E-state index < -0.39 is 5.97 Å². The van der Waals surface area contributed by atoms with Crippen LogP contribution in [-0.4, -0.2) is 23.1 Å². The predicted octanol–water partition coefficient (Wildman–Crippen LogP) is 15.7. The summed E-state index contributed by atoms with van der Waals surface area (Å²) in [6.07, 6.45) is 59.6. The smallest absolute Gasteiger partial charge is 0.306 e. The number of rotatable bonds is 40. The number of ether oxygens (including phenoxy) is 1. The fraction of sp³-hybridized carbons (Fsp3) is 0.750. The van der Waals surface area contributed by atoms with E-state index in [0.717, 1.165) is 77.0 Å². The Kier molecular flexibility index (Phi) is 41.1. The van der Waals surface area contributed by atoms with Crippen LogP contribution < -0.4 is 0 Å². The van der Waals surface area contributed by atoms with Crippen LogP contribution in [0.4, 0.5) is 0 Å². The molecule has 0 bridgehead atoms. The number of unbranched alkanes of at least 4 members (excludes halogenated alkanes) is 22. The van der Waals surface area contributed by atoms with Crippen molar-refractivity contribution in [1.29, 1.82) is 0 Å². The highest BCUT2D eigenvalue weighted by Gasteiger charge is 2.16. The largest absolute Gasteiger partial charge is 0.481 e. The van der Waals surface area contributed by atoms with Crippen molar-refractivity contribution in [2.75, 3.05) is 0 Å². The molecular formula is C48H84O4. The van der Waals surface area contributed by atoms with E-state index in [1.165, 1.54) is 116 Å². The molecule has 4 heteroatoms. The van der Waals surface area contributed by atoms with E-state index in [4.69, 9.17) is 9.84 Å². The Hall–Kier alpha value is -2.36. The first-order valence-electron chi connectivity index (χ1n) is 22.3. The van der Waals surface area contributed by atoms with Gasteiger partial charge in [0.05, 0.1) is 0 Å². The van der Waals surface area contributed by atoms with Crippen LogP contribution in [0.2, 0.25) is 0 Å². The molecule has 300 valence electrons. The van der Waals surface area contributed by atoms with E-state index in [1.807, 2.05) is 0 Å². The number of hydrogen-bond donors (Lipinski definition) is 1. The van der Waals surface area contributed by atoms with E-state index in [1.54, 1.807) is 0 Å². The molecule has 0 spiro atoms. The Morgan fingerprint density at radius 2 is 0.827 bits per heavy atom. The third-order valence-corrected chi connectivity index (χ3v) is 9.77. The molecule has 1 N–H and O–H groups in total. The second-order valence-electron chi connectivity index (χ2n) is 14.9. The van der Waals surface area contributed by atoms with Crippen LogP contribution in [0.15, 0.2) is 60.8 Å². The molecule has 0 radical (unpaired) electrons. The number of carboxylic acid groups (broad SMARTS) is 1. The Labute approximate surface area is 323 Å². The standard InChI is InChI=1S/C48H84O4/c1-3-5-7-9-11-13-15-17-19-21-23-24-25-27-29-31-33-35-37-39-41-43-48(51)52-46(44-45-47(49)50)42-40-38-36-34-32-30-28-26-22-20-18-16-14-12-10-8-6-4-2/h5,7,11,13,17,19,23-24,27,29,46H,3-4,6,8-10,12,14-16,18,20-22,25-26,28,30-45H2,1-2H3,(H,49,50)/b7-5-,13-11-,19-17-,24-23-,29-27-. The van der Waals surface area contributed by atoms with Crippen LogP contribution in [-0.2, 0) is 14.3 Å². The van der Waals surface area contributed by atoms with Crippen molar-refractivity contribution in [1.82, 2.24) is 0 Å². The van der Waals surface area contributed by atoms with Gasteiger partial charge in [0.2, 0.25) is 0 Å². The summed E-state index contributed by atoms with van der Waals surface area (Å²) in [5.74, 6) is -0.972. The number of hydrogen-bond acceptors (Lipinski definition) is 3. The lowest BCUT2D eigenvalue weighted by atomic mass is 10.0. The van der Waals surface area contributed by atoms with Crippen molar-refractivity contribution in [3.8, 4) is 0 Å². The highest BCUT2D eigenvalue weighted by molar-refractivity contribution is 5.69. The maximum Gasteiger partial charge on any atom is 0.306 e. The molecule has 0 aliphatic heterocycles. The average molecular weight is 725 g/mol. The molecule has 0 heterocycles. The van der Waals surface area contributed by atoms with Crippen molar-refractivity contribution < 1.29 is 19.4 Å². The van der Waals surface area contributed by atoms with Crippen LogP contribution in [0.1, 0.15) is 226 Å². The molecule has 0 amide bonds. The second-order valence-corrected chi connectivity index (χ2v) is 14.9. The molecule has 1 atom stereocenters. The Balaban J connectivity index is 3.76. The number of allylic oxidation sites excluding steroid dienone is 10. The van der Waals surface area contributed by atoms with Crippen molar-refractivity contribution in [3.05, 3.63) is 60.8 Å². The van der Waals surface area contributed by atoms with Crippen LogP contribution in [0.3, 0.4) is 0 Å². The summed E-state index contributed by atoms with van der Waals surface area (Å²) in [6, 6.07) is 0. The van der Waals surface area contributed by atoms with Crippen molar-refractivity contribution in [2.45, 2.75) is 232 Å². The molecule has 0 aliphatic carbocycles. The molecule has 0 fully saturated rings. The highest BCUT2D eigenvalue weighted by Crippen LogP contribution is 2.18. The first kappa shape index (κ1) is 49.6. The summed E-state index contributed by atoms with van der Waals surface area (Å²) >= 11 is 0. The Morgan fingerprint density at radius 3 is 1.27 bits per heavy atom. The minimum Gasteiger partial charge on any atom is -0.481 e. The van der Waals surface area contributed by atoms with Crippen LogP contribution in [0.25, 0.3) is 0 Å². The van der Waals surface area contributed by atoms with E-state index >= 15 is 0 Å². The van der Waals surface area contributed by atoms with Crippen LogP contribution >= 0.6 is 0 Å². The van der Waals surface area contributed by atoms with Gasteiger partial charge >= 0.3 is 11.9 Å². The molecule has 1 unspecified atom stereocenters. The zero-order valence-corrected chi connectivity index (χ0v) is 34.4. The molecule has 0 rings (SSSR count). The summed E-state index contributed by atoms with van der Waals surface area (Å²) in [5, 5.41) is 9.16. The van der Waals surface area contributed by atoms with Gasteiger partial charge in [-0.25, -0.2) is 0 Å². The third kappa shape index (κ3) is 42.1. The third-order valence-electron chi connectivity index (χ3n) is 9.77. The summed E-state index contributed by atoms with van der Waals surface area (Å²) in [7, 11) is 0. The van der Waals surface area contributed by atoms with Crippen molar-refractivity contribution >= 4 is 11.9 Å². The van der Waals surface area contributed by atoms with Gasteiger partial charge in [-0.15, -0.1) is 0 Å². The first-order chi connectivity index (χ1) is 25.6. The average Bonchev–Trinajstić information content (AvgIpc) is 3.13. The van der Waals surface area contributed by atoms with Crippen molar-refractivity contribution in [2.24, 2.45) is 0 Å². The van der Waals surface area contributed by atoms with Gasteiger partial charge in [-0.3, -0.25) is 9.59 Å². The van der Waals surface area contributed by atoms with Crippen molar-refractivity contribution in [3.63, 3.8) is 0 Å². The normalized spacial score (nSPS) is 12.8. The zero-order valence-electron chi connectivity index (χ0n) is 34.4. The predicted molar refractivity (Wildman–Crippen MR) is 227 cm³/mol. The fourth-order valence-corrected chi connectivity index (χ4v) is 6.50. The van der Waals surface area contributed by atoms with Gasteiger partial charge in [0.1, 0.15) is 6.10 Å². The minimum absolute atomic E-state index is 0.0644. The van der Waals surface area contributed by atoms with E-state index in [0.29, 0.717) is 12.8 Å². The van der Waals surface area contributed by atoms with Gasteiger partial charge in [-0.2, -0.15) is 0 Å². The lowest BCUT2D eigenvalue weighted by molar-refractivity contribution is -0.151. The number of aliphatic carboxylic acids is 1. The summed E-state index contributed by atoms with van der Waals surface area (Å²) in [6.45, 7) is 4.44. The molecule has 0 saturated heterocycles. The van der Waals surface area contributed by atoms with Gasteiger partial charge in [0, 0.05) is 12.8 Å². The SMILES string of the molecule is CC/C=C\C/C=C\C/C=C\C/C=C\C/C=C\CCCCCCCC(=O)OC(CCCCCCCCCCCCCCCCCCCC)CCC(=O)O. The van der Waals surface area contributed by atoms with Gasteiger partial charge in [0.25, 0.3) is 0 Å². The maximum absolute atomic E-state index is 12.5. The van der Waals surface area contributed by atoms with Gasteiger partial charge < -0.3 is 9.84 Å². The zero-order chi connectivity index (χ0) is 37.8. The monoisotopic (exact) mass is 725 g/mol. The molecule has 0 aromatic heterocycles. The molecule has 4 nitrogen and oxygen atoms in total. The van der Waals surface area contributed by atoms with Gasteiger partial charge in [-0.1, -0.05) is 203 Å². The van der Waals surface area contributed by atoms with Crippen LogP contribution in [0, 0.1) is 0 Å². The topological polar surface area (TPSA) is 63.6 Å². The molecule has 0 saturated carbocycles. The lowest BCUT2D eigenvalue weighted by Gasteiger charge is -2.17. The van der Waals surface area contributed by atoms with Gasteiger partial charge in [-0.05, 0) is 70.6 Å². The lowest BCUT2D eigenvalue weighted by Crippen LogP contribution is -2.19. The van der Waals surface area contributed by atoms with E-state index in [9.17, 15) is 9.59 Å². The summed E-state index contributed by atoms with van der Waals surface area (Å²) in [4.78, 5) is 23.7. The molecule has 52 heavy (non-hydrogen) atoms. The first-order valence-corrected chi connectivity index (χ1v) is 22.3. The second kappa shape index (κ2) is 43.0. The summed E-state index contributed by atoms with van der Waals surface area (Å²) in [5.41, 5.74) is 0. The maximum atomic E-state index is 12.5. The quantitative estimate of drug-likeness (QED) is 0.0388. The fourth-order valence-electron chi connectivity index (χ4n) is 6.50. The Bertz CT molecular complexity index is 911. The van der Waals surface area contributed by atoms with Gasteiger partial charge in [0.15, 0.2) is 0 Å². The Morgan fingerprint density at radius 1 is 0.442 bits per heavy atom. The molecule has 0 aromatic carbocycles. The number of esters is 1. The molecule has 0 aliphatic rings.